The van der Waals surface area contributed by atoms with Crippen molar-refractivity contribution in [2.75, 3.05) is 13.1 Å². The molecule has 19 heavy (non-hydrogen) atoms. The highest BCUT2D eigenvalue weighted by Gasteiger charge is 2.07. The van der Waals surface area contributed by atoms with Crippen LogP contribution in [0.15, 0.2) is 30.5 Å². The molecule has 0 fully saturated rings. The van der Waals surface area contributed by atoms with Gasteiger partial charge >= 0.3 is 0 Å². The molecule has 0 aliphatic heterocycles. The van der Waals surface area contributed by atoms with E-state index in [1.54, 1.807) is 0 Å². The zero-order valence-corrected chi connectivity index (χ0v) is 12.2. The van der Waals surface area contributed by atoms with Crippen molar-refractivity contribution in [3.63, 3.8) is 0 Å². The Morgan fingerprint density at radius 1 is 1.11 bits per heavy atom. The van der Waals surface area contributed by atoms with Crippen LogP contribution in [0.2, 0.25) is 0 Å². The van der Waals surface area contributed by atoms with E-state index in [-0.39, 0.29) is 5.54 Å². The highest BCUT2D eigenvalue weighted by Crippen LogP contribution is 2.17. The lowest BCUT2D eigenvalue weighted by Gasteiger charge is -2.20. The molecule has 0 saturated carbocycles. The van der Waals surface area contributed by atoms with E-state index in [0.29, 0.717) is 0 Å². The molecule has 3 nitrogen and oxygen atoms in total. The van der Waals surface area contributed by atoms with Crippen LogP contribution in [0.4, 0.5) is 0 Å². The van der Waals surface area contributed by atoms with Crippen molar-refractivity contribution in [2.24, 2.45) is 0 Å². The van der Waals surface area contributed by atoms with Crippen molar-refractivity contribution < 1.29 is 0 Å². The maximum Gasteiger partial charge on any atom is 0.0457 e. The van der Waals surface area contributed by atoms with Gasteiger partial charge in [0.1, 0.15) is 0 Å². The minimum Gasteiger partial charge on any atom is -0.361 e. The summed E-state index contributed by atoms with van der Waals surface area (Å²) in [5, 5.41) is 8.33. The third kappa shape index (κ3) is 4.37. The Morgan fingerprint density at radius 2 is 1.89 bits per heavy atom. The van der Waals surface area contributed by atoms with E-state index in [0.717, 1.165) is 26.1 Å². The highest BCUT2D eigenvalue weighted by molar-refractivity contribution is 5.82. The average molecular weight is 259 g/mol. The predicted octanol–water partition coefficient (Wildman–Crippen LogP) is 3.04. The summed E-state index contributed by atoms with van der Waals surface area (Å²) in [6.07, 6.45) is 3.25. The first-order valence-electron chi connectivity index (χ1n) is 7.07. The van der Waals surface area contributed by atoms with Gasteiger partial charge in [-0.15, -0.1) is 0 Å². The number of H-pyrrole nitrogens is 1. The number of nitrogens with one attached hydrogen (secondary N) is 3. The molecule has 3 N–H and O–H groups in total. The molecule has 0 amide bonds. The number of aromatic amines is 1. The molecule has 0 radical (unpaired) electrons. The van der Waals surface area contributed by atoms with Crippen LogP contribution < -0.4 is 10.6 Å². The predicted molar refractivity (Wildman–Crippen MR) is 82.4 cm³/mol. The normalized spacial score (nSPS) is 12.2. The first kappa shape index (κ1) is 14.1. The lowest BCUT2D eigenvalue weighted by atomic mass is 10.1. The van der Waals surface area contributed by atoms with Crippen molar-refractivity contribution in [3.8, 4) is 0 Å². The molecule has 0 aliphatic carbocycles. The largest absolute Gasteiger partial charge is 0.361 e. The molecule has 2 aromatic rings. The number of benzene rings is 1. The van der Waals surface area contributed by atoms with Gasteiger partial charge < -0.3 is 15.6 Å². The second kappa shape index (κ2) is 6.22. The molecule has 0 unspecified atom stereocenters. The van der Waals surface area contributed by atoms with Gasteiger partial charge in [-0.05, 0) is 51.9 Å². The molecule has 104 valence electrons. The summed E-state index contributed by atoms with van der Waals surface area (Å²) in [7, 11) is 0. The van der Waals surface area contributed by atoms with E-state index in [4.69, 9.17) is 0 Å². The first-order chi connectivity index (χ1) is 9.06. The molecule has 0 aliphatic rings. The van der Waals surface area contributed by atoms with E-state index in [1.807, 2.05) is 0 Å². The van der Waals surface area contributed by atoms with Crippen LogP contribution >= 0.6 is 0 Å². The van der Waals surface area contributed by atoms with Crippen molar-refractivity contribution in [1.29, 1.82) is 0 Å². The summed E-state index contributed by atoms with van der Waals surface area (Å²) in [4.78, 5) is 3.31. The lowest BCUT2D eigenvalue weighted by molar-refractivity contribution is 0.418. The molecule has 0 bridgehead atoms. The van der Waals surface area contributed by atoms with Gasteiger partial charge in [0.2, 0.25) is 0 Å². The summed E-state index contributed by atoms with van der Waals surface area (Å²) in [5.41, 5.74) is 2.78. The van der Waals surface area contributed by atoms with Crippen LogP contribution in [0.1, 0.15) is 32.8 Å². The Morgan fingerprint density at radius 3 is 2.68 bits per heavy atom. The van der Waals surface area contributed by atoms with Crippen LogP contribution in [-0.2, 0) is 6.54 Å². The van der Waals surface area contributed by atoms with Crippen molar-refractivity contribution >= 4 is 10.9 Å². The first-order valence-corrected chi connectivity index (χ1v) is 7.07. The van der Waals surface area contributed by atoms with E-state index in [9.17, 15) is 0 Å². The zero-order chi connectivity index (χ0) is 13.7. The molecule has 1 heterocycles. The van der Waals surface area contributed by atoms with Crippen LogP contribution in [-0.4, -0.2) is 23.6 Å². The SMILES string of the molecule is CC(C)(C)NCCCNCc1c[nH]c2ccccc12. The Kier molecular flexibility index (Phi) is 4.61. The van der Waals surface area contributed by atoms with Crippen LogP contribution in [0.5, 0.6) is 0 Å². The third-order valence-corrected chi connectivity index (χ3v) is 3.18. The smallest absolute Gasteiger partial charge is 0.0457 e. The van der Waals surface area contributed by atoms with E-state index in [2.05, 4.69) is 66.9 Å². The fourth-order valence-electron chi connectivity index (χ4n) is 2.18. The average Bonchev–Trinajstić information content (AvgIpc) is 2.76. The molecule has 1 aromatic heterocycles. The van der Waals surface area contributed by atoms with Gasteiger partial charge in [0.05, 0.1) is 0 Å². The number of rotatable bonds is 6. The van der Waals surface area contributed by atoms with Gasteiger partial charge in [0.25, 0.3) is 0 Å². The highest BCUT2D eigenvalue weighted by atomic mass is 14.9. The van der Waals surface area contributed by atoms with Crippen molar-refractivity contribution in [1.82, 2.24) is 15.6 Å². The minimum atomic E-state index is 0.219. The van der Waals surface area contributed by atoms with Gasteiger partial charge in [-0.1, -0.05) is 18.2 Å². The van der Waals surface area contributed by atoms with E-state index in [1.165, 1.54) is 16.5 Å². The number of hydrogen-bond donors (Lipinski definition) is 3. The summed E-state index contributed by atoms with van der Waals surface area (Å²) < 4.78 is 0. The second-order valence-electron chi connectivity index (χ2n) is 6.07. The Labute approximate surface area is 115 Å². The molecule has 0 spiro atoms. The number of para-hydroxylation sites is 1. The molecule has 2 rings (SSSR count). The maximum absolute atomic E-state index is 3.51. The molecule has 1 aromatic carbocycles. The van der Waals surface area contributed by atoms with Crippen LogP contribution in [0.25, 0.3) is 10.9 Å². The number of aromatic nitrogens is 1. The summed E-state index contributed by atoms with van der Waals surface area (Å²) in [6.45, 7) is 9.64. The van der Waals surface area contributed by atoms with Gasteiger partial charge in [0, 0.05) is 29.2 Å². The Hall–Kier alpha value is -1.32. The van der Waals surface area contributed by atoms with E-state index >= 15 is 0 Å². The van der Waals surface area contributed by atoms with Crippen LogP contribution in [0, 0.1) is 0 Å². The second-order valence-corrected chi connectivity index (χ2v) is 6.07. The zero-order valence-electron chi connectivity index (χ0n) is 12.2. The van der Waals surface area contributed by atoms with Gasteiger partial charge in [-0.3, -0.25) is 0 Å². The quantitative estimate of drug-likeness (QED) is 0.698. The summed E-state index contributed by atoms with van der Waals surface area (Å²) >= 11 is 0. The Bertz CT molecular complexity index is 508. The number of hydrogen-bond acceptors (Lipinski definition) is 2. The monoisotopic (exact) mass is 259 g/mol. The maximum atomic E-state index is 3.51. The molecular formula is C16H25N3. The number of fused-ring (bicyclic) bond motifs is 1. The summed E-state index contributed by atoms with van der Waals surface area (Å²) in [6, 6.07) is 8.44. The third-order valence-electron chi connectivity index (χ3n) is 3.18. The Balaban J connectivity index is 1.71. The van der Waals surface area contributed by atoms with E-state index < -0.39 is 0 Å². The van der Waals surface area contributed by atoms with Crippen molar-refractivity contribution in [2.45, 2.75) is 39.3 Å². The molecule has 0 atom stereocenters. The van der Waals surface area contributed by atoms with Gasteiger partial charge in [-0.2, -0.15) is 0 Å². The summed E-state index contributed by atoms with van der Waals surface area (Å²) in [5.74, 6) is 0. The van der Waals surface area contributed by atoms with Gasteiger partial charge in [0.15, 0.2) is 0 Å². The van der Waals surface area contributed by atoms with Crippen LogP contribution in [0.3, 0.4) is 0 Å². The fraction of sp³-hybridized carbons (Fsp3) is 0.500. The van der Waals surface area contributed by atoms with Gasteiger partial charge in [-0.25, -0.2) is 0 Å². The van der Waals surface area contributed by atoms with Crippen molar-refractivity contribution in [3.05, 3.63) is 36.0 Å². The lowest BCUT2D eigenvalue weighted by Crippen LogP contribution is -2.37. The topological polar surface area (TPSA) is 39.8 Å². The fourth-order valence-corrected chi connectivity index (χ4v) is 2.18. The minimum absolute atomic E-state index is 0.219. The molecular weight excluding hydrogens is 234 g/mol. The molecule has 3 heteroatoms. The standard InChI is InChI=1S/C16H25N3/c1-16(2,3)19-10-6-9-17-11-13-12-18-15-8-5-4-7-14(13)15/h4-5,7-8,12,17-19H,6,9-11H2,1-3H3. The molecule has 0 saturated heterocycles.